The van der Waals surface area contributed by atoms with Gasteiger partial charge in [-0.25, -0.2) is 4.57 Å². The third-order valence-corrected chi connectivity index (χ3v) is 13.3. The zero-order valence-corrected chi connectivity index (χ0v) is 46.4. The van der Waals surface area contributed by atoms with E-state index in [1.807, 2.05) is 27.2 Å². The zero-order valence-electron chi connectivity index (χ0n) is 45.5. The van der Waals surface area contributed by atoms with Crippen molar-refractivity contribution in [2.24, 2.45) is 0 Å². The maximum Gasteiger partial charge on any atom is 0.472 e. The number of hydrogen-bond acceptors (Lipinski definition) is 5. The average Bonchev–Trinajstić information content (AvgIpc) is 3.31. The van der Waals surface area contributed by atoms with E-state index in [0.717, 1.165) is 89.9 Å². The number of nitrogens with zero attached hydrogens (tertiary/aromatic N) is 1. The van der Waals surface area contributed by atoms with Gasteiger partial charge in [0.05, 0.1) is 39.9 Å². The van der Waals surface area contributed by atoms with Gasteiger partial charge in [-0.05, 0) is 77.0 Å². The lowest BCUT2D eigenvalue weighted by atomic mass is 10.0. The van der Waals surface area contributed by atoms with Crippen LogP contribution in [0.25, 0.3) is 0 Å². The van der Waals surface area contributed by atoms with Crippen molar-refractivity contribution in [2.45, 2.75) is 251 Å². The van der Waals surface area contributed by atoms with Gasteiger partial charge in [0.25, 0.3) is 0 Å². The van der Waals surface area contributed by atoms with E-state index < -0.39 is 20.0 Å². The largest absolute Gasteiger partial charge is 0.472 e. The van der Waals surface area contributed by atoms with Gasteiger partial charge in [0, 0.05) is 6.42 Å². The van der Waals surface area contributed by atoms with Crippen LogP contribution >= 0.6 is 7.82 Å². The molecule has 0 aromatic rings. The van der Waals surface area contributed by atoms with E-state index in [9.17, 15) is 19.4 Å². The molecule has 0 radical (unpaired) electrons. The lowest BCUT2D eigenvalue weighted by Crippen LogP contribution is -2.45. The zero-order chi connectivity index (χ0) is 50.6. The first-order valence-corrected chi connectivity index (χ1v) is 30.0. The average molecular weight is 987 g/mol. The summed E-state index contributed by atoms with van der Waals surface area (Å²) in [5.41, 5.74) is 0. The number of unbranched alkanes of at least 4 members (excludes halogenated alkanes) is 26. The molecule has 0 aliphatic heterocycles. The summed E-state index contributed by atoms with van der Waals surface area (Å²) in [6.45, 7) is 4.67. The number of quaternary nitrogens is 1. The predicted octanol–water partition coefficient (Wildman–Crippen LogP) is 17.3. The molecule has 3 unspecified atom stereocenters. The first-order chi connectivity index (χ1) is 33.5. The second-order valence-corrected chi connectivity index (χ2v) is 21.7. The van der Waals surface area contributed by atoms with Crippen LogP contribution in [0.2, 0.25) is 0 Å². The molecule has 400 valence electrons. The van der Waals surface area contributed by atoms with Crippen molar-refractivity contribution in [3.63, 3.8) is 0 Å². The van der Waals surface area contributed by atoms with Crippen LogP contribution in [0.5, 0.6) is 0 Å². The lowest BCUT2D eigenvalue weighted by Gasteiger charge is -2.25. The summed E-state index contributed by atoms with van der Waals surface area (Å²) < 4.78 is 23.7. The number of carbonyl (C=O) groups is 1. The fourth-order valence-electron chi connectivity index (χ4n) is 7.91. The van der Waals surface area contributed by atoms with Crippen LogP contribution in [0.1, 0.15) is 239 Å². The molecule has 69 heavy (non-hydrogen) atoms. The molecule has 3 atom stereocenters. The minimum Gasteiger partial charge on any atom is -0.387 e. The van der Waals surface area contributed by atoms with E-state index in [2.05, 4.69) is 92.1 Å². The van der Waals surface area contributed by atoms with Crippen molar-refractivity contribution in [3.8, 4) is 0 Å². The summed E-state index contributed by atoms with van der Waals surface area (Å²) in [6.07, 6.45) is 71.2. The highest BCUT2D eigenvalue weighted by atomic mass is 31.2. The van der Waals surface area contributed by atoms with Crippen molar-refractivity contribution >= 4 is 13.7 Å². The van der Waals surface area contributed by atoms with Crippen LogP contribution in [-0.4, -0.2) is 73.4 Å². The highest BCUT2D eigenvalue weighted by Gasteiger charge is 2.27. The summed E-state index contributed by atoms with van der Waals surface area (Å²) in [4.78, 5) is 23.3. The molecule has 0 spiro atoms. The fourth-order valence-corrected chi connectivity index (χ4v) is 8.64. The third-order valence-electron chi connectivity index (χ3n) is 12.3. The van der Waals surface area contributed by atoms with Crippen molar-refractivity contribution in [3.05, 3.63) is 85.1 Å². The molecule has 8 nitrogen and oxygen atoms in total. The van der Waals surface area contributed by atoms with Gasteiger partial charge in [-0.15, -0.1) is 0 Å². The van der Waals surface area contributed by atoms with Gasteiger partial charge in [0.2, 0.25) is 5.91 Å². The Labute approximate surface area is 426 Å². The molecule has 0 aliphatic rings. The molecular weight excluding hydrogens is 876 g/mol. The molecule has 9 heteroatoms. The van der Waals surface area contributed by atoms with Gasteiger partial charge >= 0.3 is 7.82 Å². The smallest absolute Gasteiger partial charge is 0.387 e. The number of aliphatic hydroxyl groups is 1. The van der Waals surface area contributed by atoms with Gasteiger partial charge in [0.1, 0.15) is 13.2 Å². The Morgan fingerprint density at radius 3 is 1.33 bits per heavy atom. The summed E-state index contributed by atoms with van der Waals surface area (Å²) in [7, 11) is 1.53. The Morgan fingerprint density at radius 2 is 0.884 bits per heavy atom. The Hall–Kier alpha value is -2.32. The fraction of sp³-hybridized carbons (Fsp3) is 0.750. The van der Waals surface area contributed by atoms with E-state index >= 15 is 0 Å². The van der Waals surface area contributed by atoms with Crippen LogP contribution in [0.3, 0.4) is 0 Å². The maximum absolute atomic E-state index is 13.0. The maximum atomic E-state index is 13.0. The molecule has 0 saturated heterocycles. The molecule has 1 amide bonds. The Balaban J connectivity index is 4.32. The summed E-state index contributed by atoms with van der Waals surface area (Å²) in [5.74, 6) is -0.207. The quantitative estimate of drug-likeness (QED) is 0.0243. The molecular formula is C60H110N2O6P+. The van der Waals surface area contributed by atoms with Crippen LogP contribution in [0.15, 0.2) is 85.1 Å². The highest BCUT2D eigenvalue weighted by molar-refractivity contribution is 7.47. The van der Waals surface area contributed by atoms with Crippen molar-refractivity contribution in [1.29, 1.82) is 0 Å². The normalized spacial score (nSPS) is 14.6. The van der Waals surface area contributed by atoms with Gasteiger partial charge in [-0.3, -0.25) is 13.8 Å². The Kier molecular flexibility index (Phi) is 48.9. The molecule has 0 aromatic heterocycles. The van der Waals surface area contributed by atoms with Gasteiger partial charge in [-0.1, -0.05) is 240 Å². The van der Waals surface area contributed by atoms with Crippen LogP contribution in [0.4, 0.5) is 0 Å². The van der Waals surface area contributed by atoms with Crippen molar-refractivity contribution < 1.29 is 32.9 Å². The van der Waals surface area contributed by atoms with E-state index in [1.54, 1.807) is 6.08 Å². The van der Waals surface area contributed by atoms with Crippen LogP contribution in [0, 0.1) is 0 Å². The summed E-state index contributed by atoms with van der Waals surface area (Å²) >= 11 is 0. The van der Waals surface area contributed by atoms with E-state index in [1.165, 1.54) is 128 Å². The van der Waals surface area contributed by atoms with E-state index in [-0.39, 0.29) is 19.1 Å². The van der Waals surface area contributed by atoms with Crippen molar-refractivity contribution in [2.75, 3.05) is 40.9 Å². The molecule has 0 aliphatic carbocycles. The minimum absolute atomic E-state index is 0.0478. The first kappa shape index (κ1) is 66.7. The Bertz CT molecular complexity index is 1400. The molecule has 0 aromatic carbocycles. The van der Waals surface area contributed by atoms with Gasteiger partial charge < -0.3 is 19.8 Å². The molecule has 0 saturated carbocycles. The number of aliphatic hydroxyl groups excluding tert-OH is 1. The second kappa shape index (κ2) is 50.6. The van der Waals surface area contributed by atoms with E-state index in [0.29, 0.717) is 17.4 Å². The molecule has 0 heterocycles. The van der Waals surface area contributed by atoms with E-state index in [4.69, 9.17) is 9.05 Å². The second-order valence-electron chi connectivity index (χ2n) is 20.3. The summed E-state index contributed by atoms with van der Waals surface area (Å²) in [6, 6.07) is -0.880. The first-order valence-electron chi connectivity index (χ1n) is 28.5. The number of likely N-dealkylation sites (N-methyl/N-ethyl adjacent to an activating group) is 1. The Morgan fingerprint density at radius 1 is 0.507 bits per heavy atom. The van der Waals surface area contributed by atoms with Gasteiger partial charge in [0.15, 0.2) is 0 Å². The van der Waals surface area contributed by atoms with Gasteiger partial charge in [-0.2, -0.15) is 0 Å². The predicted molar refractivity (Wildman–Crippen MR) is 299 cm³/mol. The lowest BCUT2D eigenvalue weighted by molar-refractivity contribution is -0.870. The SMILES string of the molecule is CC/C=C\C/C=C\C/C=C\C/C=C\C/C=C\CCCCCCCC(=O)NC(COP(=O)(O)OCC[N+](C)(C)C)C(O)/C=C/CC/C=C/CCCCCCCCCCCCCCCCCCCCCC. The minimum atomic E-state index is -4.37. The molecule has 0 fully saturated rings. The highest BCUT2D eigenvalue weighted by Crippen LogP contribution is 2.43. The number of carbonyl (C=O) groups excluding carboxylic acids is 1. The summed E-state index contributed by atoms with van der Waals surface area (Å²) in [5, 5.41) is 13.9. The molecule has 0 rings (SSSR count). The number of nitrogens with one attached hydrogen (secondary N) is 1. The molecule has 0 bridgehead atoms. The number of allylic oxidation sites excluding steroid dienone is 13. The van der Waals surface area contributed by atoms with Crippen molar-refractivity contribution in [1.82, 2.24) is 5.32 Å². The van der Waals surface area contributed by atoms with Crippen LogP contribution < -0.4 is 5.32 Å². The van der Waals surface area contributed by atoms with Crippen LogP contribution in [-0.2, 0) is 18.4 Å². The molecule has 3 N–H and O–H groups in total. The number of rotatable bonds is 51. The number of amides is 1. The number of hydrogen-bond donors (Lipinski definition) is 3. The number of phosphoric acid groups is 1. The topological polar surface area (TPSA) is 105 Å². The standard InChI is InChI=1S/C60H109N2O6P/c1-6-8-10-12-14-16-18-20-22-24-26-28-29-30-31-32-34-35-37-39-41-43-45-47-49-51-53-59(63)58(57-68-69(65,66)67-56-55-62(3,4)5)61-60(64)54-52-50-48-46-44-42-40-38-36-33-27-25-23-21-19-17-15-13-11-9-7-2/h9,11,15,17,21,23,27,33,38,40,43,45,51,53,58-59,63H,6-8,10,12-14,16,18-20,22,24-26,28-32,34-37,39,41-42,44,46-50,52,54-57H2,1-5H3,(H-,61,64,65,66)/p+1/b11-9-,17-15-,23-21-,33-27-,40-38-,45-43+,53-51+. The number of phosphoric ester groups is 1. The monoisotopic (exact) mass is 986 g/mol. The third kappa shape index (κ3) is 53.3.